The number of aromatic nitrogens is 1. The molecule has 0 aliphatic rings. The van der Waals surface area contributed by atoms with E-state index in [1.165, 1.54) is 12.1 Å². The molecule has 3 rings (SSSR count). The number of benzene rings is 2. The van der Waals surface area contributed by atoms with Crippen LogP contribution < -0.4 is 5.32 Å². The summed E-state index contributed by atoms with van der Waals surface area (Å²) in [6, 6.07) is 15.2. The molecule has 1 amide bonds. The molecule has 2 aromatic carbocycles. The molecule has 27 heavy (non-hydrogen) atoms. The maximum atomic E-state index is 12.8. The summed E-state index contributed by atoms with van der Waals surface area (Å²) in [4.78, 5) is 16.7. The maximum absolute atomic E-state index is 12.8. The Labute approximate surface area is 154 Å². The van der Waals surface area contributed by atoms with Crippen molar-refractivity contribution in [2.24, 2.45) is 0 Å². The molecule has 0 bridgehead atoms. The summed E-state index contributed by atoms with van der Waals surface area (Å²) in [6.07, 6.45) is -1.74. The number of rotatable bonds is 4. The third-order valence-corrected chi connectivity index (χ3v) is 4.12. The molecule has 0 fully saturated rings. The summed E-state index contributed by atoms with van der Waals surface area (Å²) >= 11 is 0. The summed E-state index contributed by atoms with van der Waals surface area (Å²) < 4.78 is 38.3. The number of nitrogens with zero attached hydrogens (tertiary/aromatic N) is 1. The van der Waals surface area contributed by atoms with Gasteiger partial charge in [-0.2, -0.15) is 13.2 Å². The second kappa shape index (κ2) is 7.61. The van der Waals surface area contributed by atoms with E-state index in [-0.39, 0.29) is 5.69 Å². The molecule has 0 atom stereocenters. The Kier molecular flexibility index (Phi) is 5.26. The van der Waals surface area contributed by atoms with E-state index in [0.717, 1.165) is 35.4 Å². The van der Waals surface area contributed by atoms with E-state index in [9.17, 15) is 18.0 Å². The number of alkyl halides is 3. The van der Waals surface area contributed by atoms with E-state index in [4.69, 9.17) is 0 Å². The van der Waals surface area contributed by atoms with Crippen LogP contribution in [0.1, 0.15) is 28.4 Å². The number of aryl methyl sites for hydroxylation is 1. The number of anilines is 1. The van der Waals surface area contributed by atoms with Gasteiger partial charge in [-0.25, -0.2) is 0 Å². The van der Waals surface area contributed by atoms with Gasteiger partial charge in [-0.1, -0.05) is 31.2 Å². The van der Waals surface area contributed by atoms with Crippen molar-refractivity contribution >= 4 is 11.6 Å². The van der Waals surface area contributed by atoms with Crippen LogP contribution in [0.2, 0.25) is 0 Å². The van der Waals surface area contributed by atoms with Crippen molar-refractivity contribution in [2.45, 2.75) is 19.5 Å². The molecule has 0 radical (unpaired) electrons. The molecule has 1 aromatic heterocycles. The fraction of sp³-hybridized carbons (Fsp3) is 0.143. The normalized spacial score (nSPS) is 11.3. The lowest BCUT2D eigenvalue weighted by molar-refractivity contribution is -0.137. The lowest BCUT2D eigenvalue weighted by Gasteiger charge is -2.10. The van der Waals surface area contributed by atoms with E-state index in [0.29, 0.717) is 5.56 Å². The Morgan fingerprint density at radius 2 is 1.78 bits per heavy atom. The van der Waals surface area contributed by atoms with Gasteiger partial charge in [-0.05, 0) is 48.4 Å². The molecular formula is C21H17F3N2O. The zero-order valence-electron chi connectivity index (χ0n) is 14.5. The van der Waals surface area contributed by atoms with Crippen LogP contribution in [0.15, 0.2) is 66.9 Å². The smallest absolute Gasteiger partial charge is 0.322 e. The van der Waals surface area contributed by atoms with E-state index >= 15 is 0 Å². The van der Waals surface area contributed by atoms with Gasteiger partial charge in [0.25, 0.3) is 5.91 Å². The number of carbonyl (C=O) groups is 1. The molecule has 0 spiro atoms. The average molecular weight is 370 g/mol. The lowest BCUT2D eigenvalue weighted by atomic mass is 10.1. The Hall–Kier alpha value is -3.15. The van der Waals surface area contributed by atoms with E-state index in [1.807, 2.05) is 18.3 Å². The van der Waals surface area contributed by atoms with Crippen LogP contribution in [-0.4, -0.2) is 10.9 Å². The van der Waals surface area contributed by atoms with Crippen molar-refractivity contribution in [3.63, 3.8) is 0 Å². The van der Waals surface area contributed by atoms with Crippen molar-refractivity contribution < 1.29 is 18.0 Å². The number of pyridine rings is 1. The largest absolute Gasteiger partial charge is 0.416 e. The molecule has 0 saturated heterocycles. The number of amides is 1. The van der Waals surface area contributed by atoms with E-state index < -0.39 is 17.6 Å². The Bertz CT molecular complexity index is 933. The predicted octanol–water partition coefficient (Wildman–Crippen LogP) is 5.58. The van der Waals surface area contributed by atoms with Gasteiger partial charge >= 0.3 is 6.18 Å². The van der Waals surface area contributed by atoms with Crippen LogP contribution in [0.3, 0.4) is 0 Å². The van der Waals surface area contributed by atoms with Gasteiger partial charge in [0.2, 0.25) is 0 Å². The molecule has 0 unspecified atom stereocenters. The van der Waals surface area contributed by atoms with Gasteiger partial charge in [0.1, 0.15) is 0 Å². The molecule has 3 aromatic rings. The topological polar surface area (TPSA) is 42.0 Å². The first-order chi connectivity index (χ1) is 12.9. The van der Waals surface area contributed by atoms with Crippen molar-refractivity contribution in [3.05, 3.63) is 83.6 Å². The second-order valence-corrected chi connectivity index (χ2v) is 6.02. The van der Waals surface area contributed by atoms with Crippen molar-refractivity contribution in [1.29, 1.82) is 0 Å². The van der Waals surface area contributed by atoms with Crippen LogP contribution in [-0.2, 0) is 12.6 Å². The highest BCUT2D eigenvalue weighted by Gasteiger charge is 2.30. The Balaban J connectivity index is 1.74. The fourth-order valence-corrected chi connectivity index (χ4v) is 2.57. The SMILES string of the molecule is CCc1ccc(-c2ccc(C(=O)Nc3cccc(C(F)(F)F)c3)cc2)nc1. The molecule has 0 aliphatic carbocycles. The standard InChI is InChI=1S/C21H17F3N2O/c1-2-14-6-11-19(25-13-14)15-7-9-16(10-8-15)20(27)26-18-5-3-4-17(12-18)21(22,23)24/h3-13H,2H2,1H3,(H,26,27). The Morgan fingerprint density at radius 1 is 1.04 bits per heavy atom. The minimum absolute atomic E-state index is 0.0933. The number of hydrogen-bond donors (Lipinski definition) is 1. The van der Waals surface area contributed by atoms with Gasteiger partial charge in [0.15, 0.2) is 0 Å². The number of carbonyl (C=O) groups excluding carboxylic acids is 1. The number of halogens is 3. The van der Waals surface area contributed by atoms with Gasteiger partial charge in [-0.3, -0.25) is 9.78 Å². The summed E-state index contributed by atoms with van der Waals surface area (Å²) in [5.41, 5.74) is 2.41. The zero-order valence-corrected chi connectivity index (χ0v) is 14.5. The maximum Gasteiger partial charge on any atom is 0.416 e. The summed E-state index contributed by atoms with van der Waals surface area (Å²) in [5.74, 6) is -0.477. The molecule has 138 valence electrons. The highest BCUT2D eigenvalue weighted by Crippen LogP contribution is 2.30. The zero-order chi connectivity index (χ0) is 19.4. The monoisotopic (exact) mass is 370 g/mol. The summed E-state index contributed by atoms with van der Waals surface area (Å²) in [6.45, 7) is 2.05. The van der Waals surface area contributed by atoms with Crippen molar-refractivity contribution in [3.8, 4) is 11.3 Å². The third-order valence-electron chi connectivity index (χ3n) is 4.12. The van der Waals surface area contributed by atoms with Gasteiger partial charge in [-0.15, -0.1) is 0 Å². The lowest BCUT2D eigenvalue weighted by Crippen LogP contribution is -2.13. The van der Waals surface area contributed by atoms with Gasteiger partial charge < -0.3 is 5.32 Å². The van der Waals surface area contributed by atoms with Crippen LogP contribution >= 0.6 is 0 Å². The summed E-state index contributed by atoms with van der Waals surface area (Å²) in [5, 5.41) is 2.49. The summed E-state index contributed by atoms with van der Waals surface area (Å²) in [7, 11) is 0. The molecule has 6 heteroatoms. The van der Waals surface area contributed by atoms with Gasteiger partial charge in [0.05, 0.1) is 11.3 Å². The van der Waals surface area contributed by atoms with Crippen molar-refractivity contribution in [2.75, 3.05) is 5.32 Å². The van der Waals surface area contributed by atoms with Gasteiger partial charge in [0, 0.05) is 23.0 Å². The molecule has 0 aliphatic heterocycles. The minimum Gasteiger partial charge on any atom is -0.322 e. The molecular weight excluding hydrogens is 353 g/mol. The van der Waals surface area contributed by atoms with Crippen LogP contribution in [0.5, 0.6) is 0 Å². The first-order valence-electron chi connectivity index (χ1n) is 8.41. The van der Waals surface area contributed by atoms with Crippen molar-refractivity contribution in [1.82, 2.24) is 4.98 Å². The molecule has 3 nitrogen and oxygen atoms in total. The first-order valence-corrected chi connectivity index (χ1v) is 8.41. The minimum atomic E-state index is -4.46. The van der Waals surface area contributed by atoms with Crippen LogP contribution in [0, 0.1) is 0 Å². The highest BCUT2D eigenvalue weighted by molar-refractivity contribution is 6.04. The first kappa shape index (κ1) is 18.6. The number of nitrogens with one attached hydrogen (secondary N) is 1. The fourth-order valence-electron chi connectivity index (χ4n) is 2.57. The van der Waals surface area contributed by atoms with Crippen LogP contribution in [0.25, 0.3) is 11.3 Å². The number of hydrogen-bond acceptors (Lipinski definition) is 2. The second-order valence-electron chi connectivity index (χ2n) is 6.02. The molecule has 1 heterocycles. The molecule has 1 N–H and O–H groups in total. The third kappa shape index (κ3) is 4.53. The molecule has 0 saturated carbocycles. The van der Waals surface area contributed by atoms with E-state index in [1.54, 1.807) is 24.3 Å². The predicted molar refractivity (Wildman–Crippen MR) is 98.4 cm³/mol. The quantitative estimate of drug-likeness (QED) is 0.651. The van der Waals surface area contributed by atoms with Crippen LogP contribution in [0.4, 0.5) is 18.9 Å². The Morgan fingerprint density at radius 3 is 2.37 bits per heavy atom. The van der Waals surface area contributed by atoms with E-state index in [2.05, 4.69) is 17.2 Å². The average Bonchev–Trinajstić information content (AvgIpc) is 2.68. The highest BCUT2D eigenvalue weighted by atomic mass is 19.4.